The molecule has 0 aliphatic carbocycles. The minimum atomic E-state index is -0.376. The summed E-state index contributed by atoms with van der Waals surface area (Å²) in [6, 6.07) is 12.1. The summed E-state index contributed by atoms with van der Waals surface area (Å²) in [5.74, 6) is 0.866. The molecule has 1 fully saturated rings. The smallest absolute Gasteiger partial charge is 0.292 e. The van der Waals surface area contributed by atoms with Crippen molar-refractivity contribution in [2.45, 2.75) is 6.92 Å². The summed E-state index contributed by atoms with van der Waals surface area (Å²) in [6.45, 7) is 3.82. The topological polar surface area (TPSA) is 89.1 Å². The number of furan rings is 1. The number of nitrogens with zero attached hydrogens (tertiary/aromatic N) is 3. The average Bonchev–Trinajstić information content (AvgIpc) is 3.09. The molecule has 1 amide bonds. The summed E-state index contributed by atoms with van der Waals surface area (Å²) in [4.78, 5) is 27.6. The van der Waals surface area contributed by atoms with Gasteiger partial charge in [-0.25, -0.2) is 0 Å². The molecular formula is C21H21N3O5. The van der Waals surface area contributed by atoms with Crippen molar-refractivity contribution in [3.05, 3.63) is 63.9 Å². The zero-order valence-electron chi connectivity index (χ0n) is 16.3. The van der Waals surface area contributed by atoms with Gasteiger partial charge in [0.1, 0.15) is 17.0 Å². The predicted molar refractivity (Wildman–Crippen MR) is 109 cm³/mol. The lowest BCUT2D eigenvalue weighted by Gasteiger charge is -2.35. The van der Waals surface area contributed by atoms with Crippen molar-refractivity contribution in [3.8, 4) is 5.75 Å². The standard InChI is InChI=1S/C21H21N3O5/c1-14-16-13-15(28-2)7-8-19(16)29-20(14)21(25)23-11-9-22(10-12-23)17-5-3-4-6-18(17)24(26)27/h3-8,13H,9-12H2,1-2H3. The number of aryl methyl sites for hydroxylation is 1. The number of piperazine rings is 1. The number of carbonyl (C=O) groups excluding carboxylic acids is 1. The van der Waals surface area contributed by atoms with E-state index in [1.54, 1.807) is 42.3 Å². The molecule has 1 aliphatic heterocycles. The number of methoxy groups -OCH3 is 1. The van der Waals surface area contributed by atoms with E-state index in [9.17, 15) is 14.9 Å². The van der Waals surface area contributed by atoms with Gasteiger partial charge in [0.25, 0.3) is 11.6 Å². The maximum atomic E-state index is 13.0. The Labute approximate surface area is 167 Å². The second kappa shape index (κ2) is 7.46. The molecule has 2 aromatic carbocycles. The maximum absolute atomic E-state index is 13.0. The van der Waals surface area contributed by atoms with Crippen LogP contribution in [0.2, 0.25) is 0 Å². The Kier molecular flexibility index (Phi) is 4.84. The molecule has 0 radical (unpaired) electrons. The van der Waals surface area contributed by atoms with Gasteiger partial charge in [-0.05, 0) is 31.2 Å². The van der Waals surface area contributed by atoms with E-state index in [1.807, 2.05) is 17.9 Å². The van der Waals surface area contributed by atoms with E-state index in [0.717, 1.165) is 10.9 Å². The van der Waals surface area contributed by atoms with Gasteiger partial charge in [-0.2, -0.15) is 0 Å². The molecule has 0 atom stereocenters. The van der Waals surface area contributed by atoms with E-state index in [4.69, 9.17) is 9.15 Å². The number of nitro groups is 1. The highest BCUT2D eigenvalue weighted by Gasteiger charge is 2.29. The molecule has 29 heavy (non-hydrogen) atoms. The molecule has 0 spiro atoms. The predicted octanol–water partition coefficient (Wildman–Crippen LogP) is 3.62. The second-order valence-corrected chi connectivity index (χ2v) is 6.94. The third kappa shape index (κ3) is 3.37. The van der Waals surface area contributed by atoms with Crippen LogP contribution in [0.3, 0.4) is 0 Å². The number of ether oxygens (including phenoxy) is 1. The van der Waals surface area contributed by atoms with Crippen LogP contribution < -0.4 is 9.64 Å². The van der Waals surface area contributed by atoms with E-state index in [1.165, 1.54) is 6.07 Å². The molecule has 150 valence electrons. The fourth-order valence-corrected chi connectivity index (χ4v) is 3.71. The SMILES string of the molecule is COc1ccc2oc(C(=O)N3CCN(c4ccccc4[N+](=O)[O-])CC3)c(C)c2c1. The van der Waals surface area contributed by atoms with Gasteiger partial charge >= 0.3 is 0 Å². The molecule has 0 unspecified atom stereocenters. The van der Waals surface area contributed by atoms with Crippen molar-refractivity contribution >= 4 is 28.3 Å². The van der Waals surface area contributed by atoms with Crippen molar-refractivity contribution < 1.29 is 18.9 Å². The van der Waals surface area contributed by atoms with E-state index >= 15 is 0 Å². The molecule has 0 bridgehead atoms. The summed E-state index contributed by atoms with van der Waals surface area (Å²) >= 11 is 0. The molecule has 8 nitrogen and oxygen atoms in total. The second-order valence-electron chi connectivity index (χ2n) is 6.94. The highest BCUT2D eigenvalue weighted by Crippen LogP contribution is 2.31. The van der Waals surface area contributed by atoms with E-state index in [-0.39, 0.29) is 16.5 Å². The van der Waals surface area contributed by atoms with Crippen molar-refractivity contribution in [3.63, 3.8) is 0 Å². The number of anilines is 1. The Morgan fingerprint density at radius 2 is 1.86 bits per heavy atom. The molecular weight excluding hydrogens is 374 g/mol. The minimum Gasteiger partial charge on any atom is -0.497 e. The molecule has 0 N–H and O–H groups in total. The highest BCUT2D eigenvalue weighted by atomic mass is 16.6. The van der Waals surface area contributed by atoms with Gasteiger partial charge in [-0.1, -0.05) is 12.1 Å². The molecule has 8 heteroatoms. The van der Waals surface area contributed by atoms with Gasteiger partial charge in [0.15, 0.2) is 5.76 Å². The van der Waals surface area contributed by atoms with Gasteiger partial charge in [0, 0.05) is 43.2 Å². The number of rotatable bonds is 4. The van der Waals surface area contributed by atoms with Gasteiger partial charge < -0.3 is 19.0 Å². The first-order valence-corrected chi connectivity index (χ1v) is 9.34. The molecule has 3 aromatic rings. The summed E-state index contributed by atoms with van der Waals surface area (Å²) in [5.41, 5.74) is 2.08. The van der Waals surface area contributed by atoms with Crippen LogP contribution in [0.1, 0.15) is 16.1 Å². The van der Waals surface area contributed by atoms with E-state index < -0.39 is 0 Å². The Hall–Kier alpha value is -3.55. The van der Waals surface area contributed by atoms with Crippen LogP contribution in [0.25, 0.3) is 11.0 Å². The Morgan fingerprint density at radius 3 is 2.55 bits per heavy atom. The zero-order valence-corrected chi connectivity index (χ0v) is 16.3. The lowest BCUT2D eigenvalue weighted by molar-refractivity contribution is -0.384. The van der Waals surface area contributed by atoms with Gasteiger partial charge in [0.05, 0.1) is 12.0 Å². The fourth-order valence-electron chi connectivity index (χ4n) is 3.71. The first-order valence-electron chi connectivity index (χ1n) is 9.34. The first-order chi connectivity index (χ1) is 14.0. The van der Waals surface area contributed by atoms with E-state index in [0.29, 0.717) is 49.0 Å². The van der Waals surface area contributed by atoms with E-state index in [2.05, 4.69) is 0 Å². The largest absolute Gasteiger partial charge is 0.497 e. The van der Waals surface area contributed by atoms with Crippen LogP contribution >= 0.6 is 0 Å². The zero-order chi connectivity index (χ0) is 20.5. The van der Waals surface area contributed by atoms with Crippen molar-refractivity contribution in [2.75, 3.05) is 38.2 Å². The molecule has 1 aliphatic rings. The molecule has 0 saturated carbocycles. The molecule has 2 heterocycles. The van der Waals surface area contributed by atoms with Crippen LogP contribution in [0, 0.1) is 17.0 Å². The summed E-state index contributed by atoms with van der Waals surface area (Å²) < 4.78 is 11.1. The monoisotopic (exact) mass is 395 g/mol. The number of benzene rings is 2. The number of hydrogen-bond donors (Lipinski definition) is 0. The quantitative estimate of drug-likeness (QED) is 0.495. The third-order valence-electron chi connectivity index (χ3n) is 5.32. The average molecular weight is 395 g/mol. The minimum absolute atomic E-state index is 0.0781. The molecule has 1 aromatic heterocycles. The molecule has 4 rings (SSSR count). The van der Waals surface area contributed by atoms with Crippen molar-refractivity contribution in [1.29, 1.82) is 0 Å². The lowest BCUT2D eigenvalue weighted by Crippen LogP contribution is -2.49. The summed E-state index contributed by atoms with van der Waals surface area (Å²) in [5, 5.41) is 12.1. The van der Waals surface area contributed by atoms with Crippen LogP contribution in [0.15, 0.2) is 46.9 Å². The number of carbonyl (C=O) groups is 1. The van der Waals surface area contributed by atoms with Crippen molar-refractivity contribution in [1.82, 2.24) is 4.90 Å². The number of nitro benzene ring substituents is 1. The number of para-hydroxylation sites is 2. The Bertz CT molecular complexity index is 1080. The number of amides is 1. The van der Waals surface area contributed by atoms with Crippen molar-refractivity contribution in [2.24, 2.45) is 0 Å². The summed E-state index contributed by atoms with van der Waals surface area (Å²) in [6.07, 6.45) is 0. The first kappa shape index (κ1) is 18.8. The maximum Gasteiger partial charge on any atom is 0.292 e. The van der Waals surface area contributed by atoms with Gasteiger partial charge in [-0.15, -0.1) is 0 Å². The Balaban J connectivity index is 1.52. The number of fused-ring (bicyclic) bond motifs is 1. The van der Waals surface area contributed by atoms with Crippen LogP contribution in [-0.4, -0.2) is 49.0 Å². The lowest BCUT2D eigenvalue weighted by atomic mass is 10.1. The highest BCUT2D eigenvalue weighted by molar-refractivity contribution is 5.99. The van der Waals surface area contributed by atoms with Gasteiger partial charge in [-0.3, -0.25) is 14.9 Å². The normalized spacial score (nSPS) is 14.3. The van der Waals surface area contributed by atoms with Crippen LogP contribution in [-0.2, 0) is 0 Å². The Morgan fingerprint density at radius 1 is 1.14 bits per heavy atom. The molecule has 1 saturated heterocycles. The van der Waals surface area contributed by atoms with Crippen LogP contribution in [0.4, 0.5) is 11.4 Å². The summed E-state index contributed by atoms with van der Waals surface area (Å²) in [7, 11) is 1.60. The number of hydrogen-bond acceptors (Lipinski definition) is 6. The van der Waals surface area contributed by atoms with Crippen LogP contribution in [0.5, 0.6) is 5.75 Å². The third-order valence-corrected chi connectivity index (χ3v) is 5.32. The fraction of sp³-hybridized carbons (Fsp3) is 0.286. The van der Waals surface area contributed by atoms with Gasteiger partial charge in [0.2, 0.25) is 0 Å².